The lowest BCUT2D eigenvalue weighted by molar-refractivity contribution is 0.140. The van der Waals surface area contributed by atoms with Gasteiger partial charge in [0.1, 0.15) is 4.90 Å². The highest BCUT2D eigenvalue weighted by atomic mass is 32.2. The molecule has 11 heteroatoms. The summed E-state index contributed by atoms with van der Waals surface area (Å²) >= 11 is 1.23. The van der Waals surface area contributed by atoms with Crippen molar-refractivity contribution >= 4 is 27.5 Å². The number of hydrogen-bond acceptors (Lipinski definition) is 5. The molecule has 25 heavy (non-hydrogen) atoms. The number of benzene rings is 1. The highest BCUT2D eigenvalue weighted by molar-refractivity contribution is 7.89. The third-order valence-electron chi connectivity index (χ3n) is 3.34. The molecule has 0 radical (unpaired) electrons. The van der Waals surface area contributed by atoms with Crippen molar-refractivity contribution in [2.75, 3.05) is 0 Å². The molecule has 0 saturated carbocycles. The summed E-state index contributed by atoms with van der Waals surface area (Å²) < 4.78 is 65.7. The number of amides is 1. The van der Waals surface area contributed by atoms with Crippen LogP contribution in [0.4, 0.5) is 18.0 Å². The zero-order valence-electron chi connectivity index (χ0n) is 13.0. The van der Waals surface area contributed by atoms with Crippen molar-refractivity contribution in [1.29, 1.82) is 0 Å². The van der Waals surface area contributed by atoms with Crippen LogP contribution < -0.4 is 0 Å². The van der Waals surface area contributed by atoms with Crippen molar-refractivity contribution in [3.63, 3.8) is 0 Å². The van der Waals surface area contributed by atoms with Crippen molar-refractivity contribution in [2.24, 2.45) is 0 Å². The van der Waals surface area contributed by atoms with E-state index >= 15 is 0 Å². The Labute approximate surface area is 145 Å². The molecule has 0 aliphatic heterocycles. The van der Waals surface area contributed by atoms with Crippen molar-refractivity contribution in [1.82, 2.24) is 9.29 Å². The Morgan fingerprint density at radius 2 is 1.92 bits per heavy atom. The smallest absolute Gasteiger partial charge is 0.421 e. The second-order valence-electron chi connectivity index (χ2n) is 5.69. The standard InChI is InChI=1S/C14H13F3N2O4S2/c1-14(2,5-8-6-24-7-18-8)19(13(20)21)25(22,23)10-4-3-9(15)11(16)12(10)17/h3-4,6-7H,5H2,1-2H3,(H,20,21). The van der Waals surface area contributed by atoms with Crippen molar-refractivity contribution in [2.45, 2.75) is 30.7 Å². The average molecular weight is 394 g/mol. The molecule has 1 heterocycles. The fourth-order valence-electron chi connectivity index (χ4n) is 2.33. The van der Waals surface area contributed by atoms with Gasteiger partial charge in [0, 0.05) is 11.8 Å². The number of carbonyl (C=O) groups is 1. The summed E-state index contributed by atoms with van der Waals surface area (Å²) in [7, 11) is -5.00. The van der Waals surface area contributed by atoms with Gasteiger partial charge in [0.05, 0.1) is 16.7 Å². The summed E-state index contributed by atoms with van der Waals surface area (Å²) in [5.41, 5.74) is 0.359. The van der Waals surface area contributed by atoms with Gasteiger partial charge in [0.25, 0.3) is 10.0 Å². The van der Waals surface area contributed by atoms with E-state index in [0.29, 0.717) is 17.8 Å². The number of carboxylic acid groups (broad SMARTS) is 1. The fraction of sp³-hybridized carbons (Fsp3) is 0.286. The van der Waals surface area contributed by atoms with E-state index in [9.17, 15) is 31.5 Å². The Hall–Kier alpha value is -2.14. The first-order chi connectivity index (χ1) is 11.5. The van der Waals surface area contributed by atoms with E-state index in [1.54, 1.807) is 5.38 Å². The molecule has 0 unspecified atom stereocenters. The van der Waals surface area contributed by atoms with Gasteiger partial charge in [-0.3, -0.25) is 0 Å². The largest absolute Gasteiger partial charge is 0.464 e. The zero-order valence-corrected chi connectivity index (χ0v) is 14.7. The van der Waals surface area contributed by atoms with Gasteiger partial charge < -0.3 is 5.11 Å². The number of hydrogen-bond donors (Lipinski definition) is 1. The minimum Gasteiger partial charge on any atom is -0.464 e. The van der Waals surface area contributed by atoms with E-state index in [4.69, 9.17) is 0 Å². The van der Waals surface area contributed by atoms with Crippen LogP contribution in [0.2, 0.25) is 0 Å². The predicted molar refractivity (Wildman–Crippen MR) is 83.3 cm³/mol. The first-order valence-corrected chi connectivity index (χ1v) is 9.15. The fourth-order valence-corrected chi connectivity index (χ4v) is 4.56. The van der Waals surface area contributed by atoms with Crippen LogP contribution in [0.3, 0.4) is 0 Å². The van der Waals surface area contributed by atoms with Gasteiger partial charge in [-0.1, -0.05) is 0 Å². The molecular weight excluding hydrogens is 381 g/mol. The lowest BCUT2D eigenvalue weighted by atomic mass is 9.99. The van der Waals surface area contributed by atoms with E-state index in [0.717, 1.165) is 0 Å². The first-order valence-electron chi connectivity index (χ1n) is 6.77. The molecule has 0 fully saturated rings. The van der Waals surface area contributed by atoms with Crippen LogP contribution in [0.25, 0.3) is 0 Å². The maximum Gasteiger partial charge on any atom is 0.421 e. The molecule has 2 rings (SSSR count). The molecule has 1 aromatic heterocycles. The summed E-state index contributed by atoms with van der Waals surface area (Å²) in [6.45, 7) is 2.60. The van der Waals surface area contributed by atoms with Crippen LogP contribution in [0.1, 0.15) is 19.5 Å². The third-order valence-corrected chi connectivity index (χ3v) is 5.98. The normalized spacial score (nSPS) is 12.2. The molecule has 1 N–H and O–H groups in total. The van der Waals surface area contributed by atoms with E-state index < -0.39 is 44.0 Å². The van der Waals surface area contributed by atoms with Crippen LogP contribution in [0.5, 0.6) is 0 Å². The van der Waals surface area contributed by atoms with Crippen LogP contribution in [0.15, 0.2) is 27.9 Å². The molecule has 6 nitrogen and oxygen atoms in total. The lowest BCUT2D eigenvalue weighted by Crippen LogP contribution is -2.52. The number of halogens is 3. The van der Waals surface area contributed by atoms with Crippen molar-refractivity contribution in [3.8, 4) is 0 Å². The van der Waals surface area contributed by atoms with E-state index in [2.05, 4.69) is 4.98 Å². The maximum atomic E-state index is 13.9. The topological polar surface area (TPSA) is 87.6 Å². The molecule has 0 saturated heterocycles. The second kappa shape index (κ2) is 6.64. The average Bonchev–Trinajstić information content (AvgIpc) is 2.95. The maximum absolute atomic E-state index is 13.9. The number of aromatic nitrogens is 1. The minimum absolute atomic E-state index is 0.0229. The number of rotatable bonds is 5. The monoisotopic (exact) mass is 394 g/mol. The summed E-state index contributed by atoms with van der Waals surface area (Å²) in [5, 5.41) is 11.0. The van der Waals surface area contributed by atoms with Gasteiger partial charge in [-0.05, 0) is 26.0 Å². The highest BCUT2D eigenvalue weighted by Crippen LogP contribution is 2.30. The van der Waals surface area contributed by atoms with Gasteiger partial charge in [0.15, 0.2) is 17.5 Å². The van der Waals surface area contributed by atoms with Crippen LogP contribution in [0, 0.1) is 17.5 Å². The van der Waals surface area contributed by atoms with Crippen LogP contribution >= 0.6 is 11.3 Å². The Morgan fingerprint density at radius 3 is 2.44 bits per heavy atom. The van der Waals surface area contributed by atoms with Gasteiger partial charge in [0.2, 0.25) is 0 Å². The molecule has 0 aliphatic rings. The van der Waals surface area contributed by atoms with E-state index in [1.165, 1.54) is 30.7 Å². The van der Waals surface area contributed by atoms with Crippen molar-refractivity contribution < 1.29 is 31.5 Å². The van der Waals surface area contributed by atoms with Gasteiger partial charge in [-0.15, -0.1) is 11.3 Å². The Balaban J connectivity index is 2.56. The van der Waals surface area contributed by atoms with Crippen LogP contribution in [-0.4, -0.2) is 34.4 Å². The molecule has 0 bridgehead atoms. The Bertz CT molecular complexity index is 899. The molecule has 0 spiro atoms. The van der Waals surface area contributed by atoms with Crippen LogP contribution in [-0.2, 0) is 16.4 Å². The summed E-state index contributed by atoms with van der Waals surface area (Å²) in [5.74, 6) is -5.56. The van der Waals surface area contributed by atoms with E-state index in [-0.39, 0.29) is 10.7 Å². The first kappa shape index (κ1) is 19.2. The molecule has 0 aliphatic carbocycles. The van der Waals surface area contributed by atoms with Gasteiger partial charge in [-0.2, -0.15) is 4.31 Å². The molecule has 2 aromatic rings. The Morgan fingerprint density at radius 1 is 1.28 bits per heavy atom. The summed E-state index contributed by atoms with van der Waals surface area (Å²) in [4.78, 5) is 14.3. The number of nitrogens with zero attached hydrogens (tertiary/aromatic N) is 2. The second-order valence-corrected chi connectivity index (χ2v) is 8.17. The highest BCUT2D eigenvalue weighted by Gasteiger charge is 2.43. The minimum atomic E-state index is -5.00. The SMILES string of the molecule is CC(C)(Cc1cscn1)N(C(=O)O)S(=O)(=O)c1ccc(F)c(F)c1F. The van der Waals surface area contributed by atoms with Gasteiger partial charge >= 0.3 is 6.09 Å². The molecular formula is C14H13F3N2O4S2. The summed E-state index contributed by atoms with van der Waals surface area (Å²) in [6.07, 6.45) is -1.97. The molecule has 1 amide bonds. The third kappa shape index (κ3) is 3.61. The quantitative estimate of drug-likeness (QED) is 0.787. The number of thiazole rings is 1. The van der Waals surface area contributed by atoms with E-state index in [1.807, 2.05) is 0 Å². The zero-order chi connectivity index (χ0) is 19.0. The Kier molecular flexibility index (Phi) is 5.09. The molecule has 0 atom stereocenters. The molecule has 136 valence electrons. The molecule has 1 aromatic carbocycles. The predicted octanol–water partition coefficient (Wildman–Crippen LogP) is 3.25. The lowest BCUT2D eigenvalue weighted by Gasteiger charge is -2.35. The van der Waals surface area contributed by atoms with Crippen molar-refractivity contribution in [3.05, 3.63) is 46.2 Å². The number of sulfonamides is 1. The van der Waals surface area contributed by atoms with Gasteiger partial charge in [-0.25, -0.2) is 31.4 Å². The summed E-state index contributed by atoms with van der Waals surface area (Å²) in [6, 6.07) is 0.900.